The average molecular weight is 387 g/mol. The first-order chi connectivity index (χ1) is 13.0. The number of carbonyl (C=O) groups is 3. The van der Waals surface area contributed by atoms with Gasteiger partial charge in [-0.25, -0.2) is 4.79 Å². The van der Waals surface area contributed by atoms with Crippen molar-refractivity contribution in [1.82, 2.24) is 4.90 Å². The number of hydrogen-bond donors (Lipinski definition) is 1. The summed E-state index contributed by atoms with van der Waals surface area (Å²) in [6.07, 6.45) is 0.163. The van der Waals surface area contributed by atoms with Gasteiger partial charge in [0.15, 0.2) is 0 Å². The molecular formula is C20H19ClN2O4. The van der Waals surface area contributed by atoms with Crippen molar-refractivity contribution in [2.45, 2.75) is 13.0 Å². The van der Waals surface area contributed by atoms with Crippen LogP contribution in [0.4, 0.5) is 5.69 Å². The number of halogens is 1. The van der Waals surface area contributed by atoms with Crippen molar-refractivity contribution in [2.24, 2.45) is 5.92 Å². The number of nitrogens with zero attached hydrogens (tertiary/aromatic N) is 1. The molecule has 0 saturated carbocycles. The molecule has 1 saturated heterocycles. The van der Waals surface area contributed by atoms with Crippen molar-refractivity contribution >= 4 is 35.1 Å². The van der Waals surface area contributed by atoms with Gasteiger partial charge in [-0.3, -0.25) is 9.59 Å². The highest BCUT2D eigenvalue weighted by atomic mass is 35.5. The summed E-state index contributed by atoms with van der Waals surface area (Å²) in [5.41, 5.74) is 1.81. The smallest absolute Gasteiger partial charge is 0.337 e. The maximum absolute atomic E-state index is 12.5. The minimum absolute atomic E-state index is 0.0730. The second-order valence-corrected chi connectivity index (χ2v) is 6.73. The quantitative estimate of drug-likeness (QED) is 0.801. The number of methoxy groups -OCH3 is 1. The molecule has 0 radical (unpaired) electrons. The number of hydrogen-bond acceptors (Lipinski definition) is 4. The second kappa shape index (κ2) is 8.22. The van der Waals surface area contributed by atoms with E-state index in [-0.39, 0.29) is 18.2 Å². The van der Waals surface area contributed by atoms with Crippen LogP contribution in [0.2, 0.25) is 5.02 Å². The molecule has 1 fully saturated rings. The molecule has 2 aromatic rings. The Morgan fingerprint density at radius 2 is 1.89 bits per heavy atom. The van der Waals surface area contributed by atoms with Crippen LogP contribution in [0.5, 0.6) is 0 Å². The fourth-order valence-electron chi connectivity index (χ4n) is 2.98. The highest BCUT2D eigenvalue weighted by molar-refractivity contribution is 6.31. The van der Waals surface area contributed by atoms with E-state index >= 15 is 0 Å². The number of benzene rings is 2. The molecule has 140 valence electrons. The highest BCUT2D eigenvalue weighted by Gasteiger charge is 2.34. The molecule has 0 bridgehead atoms. The van der Waals surface area contributed by atoms with E-state index in [1.165, 1.54) is 7.11 Å². The average Bonchev–Trinajstić information content (AvgIpc) is 3.04. The lowest BCUT2D eigenvalue weighted by molar-refractivity contribution is -0.128. The molecule has 2 amide bonds. The van der Waals surface area contributed by atoms with Crippen LogP contribution in [-0.2, 0) is 20.9 Å². The van der Waals surface area contributed by atoms with Gasteiger partial charge in [-0.05, 0) is 35.9 Å². The predicted molar refractivity (Wildman–Crippen MR) is 101 cm³/mol. The molecule has 0 unspecified atom stereocenters. The summed E-state index contributed by atoms with van der Waals surface area (Å²) in [5, 5.41) is 3.39. The van der Waals surface area contributed by atoms with Crippen LogP contribution in [-0.4, -0.2) is 36.3 Å². The Morgan fingerprint density at radius 1 is 1.19 bits per heavy atom. The Bertz CT molecular complexity index is 867. The molecule has 2 aromatic carbocycles. The minimum Gasteiger partial charge on any atom is -0.465 e. The Morgan fingerprint density at radius 3 is 2.56 bits per heavy atom. The Balaban J connectivity index is 1.60. The maximum Gasteiger partial charge on any atom is 0.337 e. The zero-order valence-electron chi connectivity index (χ0n) is 14.8. The minimum atomic E-state index is -0.440. The molecule has 27 heavy (non-hydrogen) atoms. The highest BCUT2D eigenvalue weighted by Crippen LogP contribution is 2.24. The lowest BCUT2D eigenvalue weighted by Gasteiger charge is -2.17. The van der Waals surface area contributed by atoms with E-state index in [4.69, 9.17) is 11.6 Å². The van der Waals surface area contributed by atoms with Gasteiger partial charge in [0, 0.05) is 30.2 Å². The van der Waals surface area contributed by atoms with E-state index in [2.05, 4.69) is 10.1 Å². The largest absolute Gasteiger partial charge is 0.465 e. The van der Waals surface area contributed by atoms with E-state index in [0.29, 0.717) is 29.4 Å². The van der Waals surface area contributed by atoms with Crippen LogP contribution in [0.3, 0.4) is 0 Å². The Hall–Kier alpha value is -2.86. The van der Waals surface area contributed by atoms with Crippen LogP contribution < -0.4 is 5.32 Å². The summed E-state index contributed by atoms with van der Waals surface area (Å²) in [7, 11) is 1.31. The molecule has 3 rings (SSSR count). The summed E-state index contributed by atoms with van der Waals surface area (Å²) in [6.45, 7) is 0.728. The fourth-order valence-corrected chi connectivity index (χ4v) is 3.18. The first-order valence-electron chi connectivity index (χ1n) is 8.48. The van der Waals surface area contributed by atoms with E-state index < -0.39 is 11.9 Å². The number of rotatable bonds is 5. The molecule has 1 aliphatic heterocycles. The van der Waals surface area contributed by atoms with Crippen molar-refractivity contribution in [2.75, 3.05) is 19.0 Å². The molecule has 0 aromatic heterocycles. The SMILES string of the molecule is COC(=O)c1ccc(NC(=O)[C@@H]2CC(=O)N(Cc3ccccc3Cl)C2)cc1. The van der Waals surface area contributed by atoms with Gasteiger partial charge < -0.3 is 15.0 Å². The van der Waals surface area contributed by atoms with Crippen LogP contribution >= 0.6 is 11.6 Å². The van der Waals surface area contributed by atoms with Crippen molar-refractivity contribution in [1.29, 1.82) is 0 Å². The molecule has 0 spiro atoms. The summed E-state index contributed by atoms with van der Waals surface area (Å²) in [5.74, 6) is -1.17. The lowest BCUT2D eigenvalue weighted by Crippen LogP contribution is -2.28. The molecule has 1 aliphatic rings. The summed E-state index contributed by atoms with van der Waals surface area (Å²) >= 11 is 6.15. The first-order valence-corrected chi connectivity index (χ1v) is 8.86. The van der Waals surface area contributed by atoms with Crippen molar-refractivity contribution in [3.05, 3.63) is 64.7 Å². The van der Waals surface area contributed by atoms with E-state index in [1.807, 2.05) is 18.2 Å². The zero-order valence-corrected chi connectivity index (χ0v) is 15.5. The predicted octanol–water partition coefficient (Wildman–Crippen LogP) is 3.11. The zero-order chi connectivity index (χ0) is 19.4. The fraction of sp³-hybridized carbons (Fsp3) is 0.250. The van der Waals surface area contributed by atoms with Crippen molar-refractivity contribution in [3.8, 4) is 0 Å². The van der Waals surface area contributed by atoms with Gasteiger partial charge in [-0.2, -0.15) is 0 Å². The van der Waals surface area contributed by atoms with Crippen molar-refractivity contribution < 1.29 is 19.1 Å². The molecule has 6 nitrogen and oxygen atoms in total. The third-order valence-electron chi connectivity index (χ3n) is 4.48. The monoisotopic (exact) mass is 386 g/mol. The Labute approximate surface area is 162 Å². The van der Waals surface area contributed by atoms with Gasteiger partial charge in [-0.1, -0.05) is 29.8 Å². The third kappa shape index (κ3) is 4.46. The van der Waals surface area contributed by atoms with Crippen LogP contribution in [0.15, 0.2) is 48.5 Å². The third-order valence-corrected chi connectivity index (χ3v) is 4.85. The summed E-state index contributed by atoms with van der Waals surface area (Å²) in [6, 6.07) is 13.7. The number of likely N-dealkylation sites (tertiary alicyclic amines) is 1. The van der Waals surface area contributed by atoms with Crippen LogP contribution in [0.25, 0.3) is 0 Å². The van der Waals surface area contributed by atoms with Gasteiger partial charge >= 0.3 is 5.97 Å². The van der Waals surface area contributed by atoms with Gasteiger partial charge in [0.2, 0.25) is 11.8 Å². The van der Waals surface area contributed by atoms with Gasteiger partial charge in [-0.15, -0.1) is 0 Å². The number of nitrogens with one attached hydrogen (secondary N) is 1. The lowest BCUT2D eigenvalue weighted by atomic mass is 10.1. The van der Waals surface area contributed by atoms with Gasteiger partial charge in [0.05, 0.1) is 18.6 Å². The maximum atomic E-state index is 12.5. The van der Waals surface area contributed by atoms with Gasteiger partial charge in [0.1, 0.15) is 0 Å². The number of amides is 2. The van der Waals surface area contributed by atoms with E-state index in [0.717, 1.165) is 5.56 Å². The second-order valence-electron chi connectivity index (χ2n) is 6.32. The first kappa shape index (κ1) is 18.9. The molecule has 1 N–H and O–H groups in total. The molecule has 0 aliphatic carbocycles. The molecule has 1 atom stereocenters. The normalized spacial score (nSPS) is 16.3. The standard InChI is InChI=1S/C20H19ClN2O4/c1-27-20(26)13-6-8-16(9-7-13)22-19(25)15-10-18(24)23(12-15)11-14-4-2-3-5-17(14)21/h2-9,15H,10-12H2,1H3,(H,22,25)/t15-/m1/s1. The number of esters is 1. The molecule has 1 heterocycles. The van der Waals surface area contributed by atoms with Crippen molar-refractivity contribution in [3.63, 3.8) is 0 Å². The van der Waals surface area contributed by atoms with E-state index in [9.17, 15) is 14.4 Å². The van der Waals surface area contributed by atoms with Crippen LogP contribution in [0, 0.1) is 5.92 Å². The summed E-state index contributed by atoms with van der Waals surface area (Å²) < 4.78 is 4.64. The van der Waals surface area contributed by atoms with Gasteiger partial charge in [0.25, 0.3) is 0 Å². The number of ether oxygens (including phenoxy) is 1. The molecule has 7 heteroatoms. The van der Waals surface area contributed by atoms with E-state index in [1.54, 1.807) is 35.2 Å². The van der Waals surface area contributed by atoms with Crippen LogP contribution in [0.1, 0.15) is 22.3 Å². The number of carbonyl (C=O) groups excluding carboxylic acids is 3. The topological polar surface area (TPSA) is 75.7 Å². The Kier molecular flexibility index (Phi) is 5.76. The molecular weight excluding hydrogens is 368 g/mol. The number of anilines is 1. The summed E-state index contributed by atoms with van der Waals surface area (Å²) in [4.78, 5) is 37.8.